The number of hydrogen-bond donors (Lipinski definition) is 3. The fourth-order valence-corrected chi connectivity index (χ4v) is 2.50. The van der Waals surface area contributed by atoms with Crippen molar-refractivity contribution in [3.8, 4) is 11.5 Å². The molecule has 106 valence electrons. The van der Waals surface area contributed by atoms with Crippen LogP contribution in [0.3, 0.4) is 0 Å². The second-order valence-corrected chi connectivity index (χ2v) is 5.25. The number of nitrogens with one attached hydrogen (secondary N) is 1. The molecule has 0 spiro atoms. The van der Waals surface area contributed by atoms with Crippen molar-refractivity contribution in [1.82, 2.24) is 5.32 Å². The average molecular weight is 271 g/mol. The Kier molecular flexibility index (Phi) is 4.30. The minimum absolute atomic E-state index is 0.0302. The zero-order chi connectivity index (χ0) is 14.7. The Morgan fingerprint density at radius 3 is 2.10 bits per heavy atom. The highest BCUT2D eigenvalue weighted by molar-refractivity contribution is 5.38. The van der Waals surface area contributed by atoms with Gasteiger partial charge in [0.25, 0.3) is 0 Å². The van der Waals surface area contributed by atoms with Crippen molar-refractivity contribution in [3.63, 3.8) is 0 Å². The summed E-state index contributed by atoms with van der Waals surface area (Å²) in [6.07, 6.45) is 0. The van der Waals surface area contributed by atoms with E-state index in [0.29, 0.717) is 0 Å². The maximum absolute atomic E-state index is 9.55. The van der Waals surface area contributed by atoms with Gasteiger partial charge in [0.05, 0.1) is 0 Å². The van der Waals surface area contributed by atoms with Crippen molar-refractivity contribution >= 4 is 0 Å². The summed E-state index contributed by atoms with van der Waals surface area (Å²) < 4.78 is 0. The van der Waals surface area contributed by atoms with Crippen LogP contribution in [-0.4, -0.2) is 10.2 Å². The number of hydrogen-bond acceptors (Lipinski definition) is 3. The molecule has 1 unspecified atom stereocenters. The summed E-state index contributed by atoms with van der Waals surface area (Å²) in [5, 5.41) is 22.6. The van der Waals surface area contributed by atoms with Crippen LogP contribution in [0.4, 0.5) is 0 Å². The van der Waals surface area contributed by atoms with Crippen molar-refractivity contribution in [2.45, 2.75) is 32.9 Å². The molecule has 3 N–H and O–H groups in total. The first-order valence-corrected chi connectivity index (χ1v) is 6.82. The van der Waals surface area contributed by atoms with E-state index in [1.807, 2.05) is 19.1 Å². The van der Waals surface area contributed by atoms with Gasteiger partial charge in [-0.05, 0) is 49.6 Å². The molecule has 0 saturated heterocycles. The standard InChI is InChI=1S/C17H21NO2/c1-11-6-4-5-7-17(11)13(3)18-12(2)14-8-15(19)10-16(20)9-14/h4-10,12-13,18-20H,1-3H3/t12?,13-/m0/s1. The van der Waals surface area contributed by atoms with Gasteiger partial charge in [0.15, 0.2) is 0 Å². The number of benzene rings is 2. The molecule has 0 aromatic heterocycles. The highest BCUT2D eigenvalue weighted by Crippen LogP contribution is 2.27. The Morgan fingerprint density at radius 2 is 1.50 bits per heavy atom. The molecule has 0 radical (unpaired) electrons. The zero-order valence-corrected chi connectivity index (χ0v) is 12.1. The van der Waals surface area contributed by atoms with E-state index in [-0.39, 0.29) is 23.6 Å². The van der Waals surface area contributed by atoms with Crippen LogP contribution in [0.2, 0.25) is 0 Å². The van der Waals surface area contributed by atoms with Gasteiger partial charge in [0.1, 0.15) is 11.5 Å². The maximum Gasteiger partial charge on any atom is 0.119 e. The summed E-state index contributed by atoms with van der Waals surface area (Å²) in [5.74, 6) is 0.161. The summed E-state index contributed by atoms with van der Waals surface area (Å²) in [6.45, 7) is 6.23. The van der Waals surface area contributed by atoms with E-state index in [2.05, 4.69) is 31.3 Å². The van der Waals surface area contributed by atoms with Crippen LogP contribution in [0.5, 0.6) is 11.5 Å². The molecule has 3 nitrogen and oxygen atoms in total. The van der Waals surface area contributed by atoms with Crippen molar-refractivity contribution < 1.29 is 10.2 Å². The lowest BCUT2D eigenvalue weighted by molar-refractivity contribution is 0.442. The first kappa shape index (κ1) is 14.4. The quantitative estimate of drug-likeness (QED) is 0.792. The summed E-state index contributed by atoms with van der Waals surface area (Å²) >= 11 is 0. The first-order chi connectivity index (χ1) is 9.47. The molecule has 20 heavy (non-hydrogen) atoms. The van der Waals surface area contributed by atoms with Gasteiger partial charge in [-0.3, -0.25) is 0 Å². The molecular weight excluding hydrogens is 250 g/mol. The molecule has 0 saturated carbocycles. The van der Waals surface area contributed by atoms with Crippen LogP contribution < -0.4 is 5.32 Å². The number of phenolic OH excluding ortho intramolecular Hbond substituents is 2. The largest absolute Gasteiger partial charge is 0.508 e. The van der Waals surface area contributed by atoms with E-state index in [1.54, 1.807) is 12.1 Å². The molecule has 0 bridgehead atoms. The third kappa shape index (κ3) is 3.31. The van der Waals surface area contributed by atoms with Gasteiger partial charge >= 0.3 is 0 Å². The van der Waals surface area contributed by atoms with E-state index in [1.165, 1.54) is 17.2 Å². The van der Waals surface area contributed by atoms with E-state index < -0.39 is 0 Å². The monoisotopic (exact) mass is 271 g/mol. The van der Waals surface area contributed by atoms with Crippen LogP contribution in [0.25, 0.3) is 0 Å². The third-order valence-corrected chi connectivity index (χ3v) is 3.58. The normalized spacial score (nSPS) is 13.9. The second-order valence-electron chi connectivity index (χ2n) is 5.25. The third-order valence-electron chi connectivity index (χ3n) is 3.58. The predicted octanol–water partition coefficient (Wildman–Crippen LogP) is 3.82. The fourth-order valence-electron chi connectivity index (χ4n) is 2.50. The second kappa shape index (κ2) is 5.97. The van der Waals surface area contributed by atoms with Gasteiger partial charge in [-0.1, -0.05) is 24.3 Å². The molecule has 3 heteroatoms. The summed E-state index contributed by atoms with van der Waals surface area (Å²) in [5.41, 5.74) is 3.37. The molecule has 0 aliphatic carbocycles. The molecule has 2 atom stereocenters. The molecule has 0 fully saturated rings. The molecule has 2 rings (SSSR count). The molecular formula is C17H21NO2. The summed E-state index contributed by atoms with van der Waals surface area (Å²) in [7, 11) is 0. The minimum Gasteiger partial charge on any atom is -0.508 e. The van der Waals surface area contributed by atoms with Gasteiger partial charge in [-0.15, -0.1) is 0 Å². The number of phenols is 2. The molecule has 0 aliphatic heterocycles. The Labute approximate surface area is 119 Å². The fraction of sp³-hybridized carbons (Fsp3) is 0.294. The average Bonchev–Trinajstić information content (AvgIpc) is 2.37. The van der Waals surface area contributed by atoms with Crippen molar-refractivity contribution in [3.05, 3.63) is 59.2 Å². The van der Waals surface area contributed by atoms with Gasteiger partial charge in [-0.25, -0.2) is 0 Å². The van der Waals surface area contributed by atoms with E-state index in [0.717, 1.165) is 5.56 Å². The number of aryl methyl sites for hydroxylation is 1. The SMILES string of the molecule is Cc1ccccc1[C@H](C)NC(C)c1cc(O)cc(O)c1. The van der Waals surface area contributed by atoms with Gasteiger partial charge in [0.2, 0.25) is 0 Å². The number of aromatic hydroxyl groups is 2. The van der Waals surface area contributed by atoms with Crippen LogP contribution >= 0.6 is 0 Å². The van der Waals surface area contributed by atoms with E-state index in [9.17, 15) is 10.2 Å². The summed E-state index contributed by atoms with van der Waals surface area (Å²) in [4.78, 5) is 0. The lowest BCUT2D eigenvalue weighted by Gasteiger charge is -2.22. The highest BCUT2D eigenvalue weighted by Gasteiger charge is 2.13. The maximum atomic E-state index is 9.55. The van der Waals surface area contributed by atoms with E-state index in [4.69, 9.17) is 0 Å². The highest BCUT2D eigenvalue weighted by atomic mass is 16.3. The van der Waals surface area contributed by atoms with Crippen molar-refractivity contribution in [2.75, 3.05) is 0 Å². The van der Waals surface area contributed by atoms with Gasteiger partial charge < -0.3 is 15.5 Å². The molecule has 0 amide bonds. The van der Waals surface area contributed by atoms with Crippen molar-refractivity contribution in [2.24, 2.45) is 0 Å². The summed E-state index contributed by atoms with van der Waals surface area (Å²) in [6, 6.07) is 13.2. The van der Waals surface area contributed by atoms with Gasteiger partial charge in [-0.2, -0.15) is 0 Å². The molecule has 0 aliphatic rings. The lowest BCUT2D eigenvalue weighted by atomic mass is 10.0. The predicted molar refractivity (Wildman–Crippen MR) is 80.9 cm³/mol. The smallest absolute Gasteiger partial charge is 0.119 e. The Morgan fingerprint density at radius 1 is 0.900 bits per heavy atom. The van der Waals surface area contributed by atoms with E-state index >= 15 is 0 Å². The zero-order valence-electron chi connectivity index (χ0n) is 12.1. The molecule has 2 aromatic rings. The van der Waals surface area contributed by atoms with Crippen LogP contribution in [0.1, 0.15) is 42.6 Å². The van der Waals surface area contributed by atoms with Crippen LogP contribution in [-0.2, 0) is 0 Å². The minimum atomic E-state index is 0.0302. The topological polar surface area (TPSA) is 52.5 Å². The Balaban J connectivity index is 2.15. The van der Waals surface area contributed by atoms with Gasteiger partial charge in [0, 0.05) is 18.2 Å². The lowest BCUT2D eigenvalue weighted by Crippen LogP contribution is -2.23. The van der Waals surface area contributed by atoms with Crippen LogP contribution in [0, 0.1) is 6.92 Å². The molecule has 2 aromatic carbocycles. The number of rotatable bonds is 4. The van der Waals surface area contributed by atoms with Crippen molar-refractivity contribution in [1.29, 1.82) is 0 Å². The molecule has 0 heterocycles. The van der Waals surface area contributed by atoms with Crippen LogP contribution in [0.15, 0.2) is 42.5 Å². The Hall–Kier alpha value is -2.00. The first-order valence-electron chi connectivity index (χ1n) is 6.82. The Bertz CT molecular complexity index is 575.